The highest BCUT2D eigenvalue weighted by Gasteiger charge is 2.21. The molecule has 1 rings (SSSR count). The molecule has 0 aliphatic carbocycles. The molecule has 5 nitrogen and oxygen atoms in total. The highest BCUT2D eigenvalue weighted by Crippen LogP contribution is 2.16. The zero-order valence-corrected chi connectivity index (χ0v) is 12.4. The van der Waals surface area contributed by atoms with Crippen molar-refractivity contribution < 1.29 is 14.7 Å². The van der Waals surface area contributed by atoms with Crippen LogP contribution in [0, 0.1) is 0 Å². The van der Waals surface area contributed by atoms with Crippen LogP contribution in [-0.2, 0) is 4.79 Å². The van der Waals surface area contributed by atoms with Crippen molar-refractivity contribution in [3.05, 3.63) is 23.9 Å². The lowest BCUT2D eigenvalue weighted by Gasteiger charge is -2.14. The fraction of sp³-hybridized carbons (Fsp3) is 0.417. The molecule has 2 N–H and O–H groups in total. The summed E-state index contributed by atoms with van der Waals surface area (Å²) >= 11 is 2.90. The fourth-order valence-corrected chi connectivity index (χ4v) is 2.47. The van der Waals surface area contributed by atoms with Crippen LogP contribution < -0.4 is 5.32 Å². The van der Waals surface area contributed by atoms with E-state index >= 15 is 0 Å². The van der Waals surface area contributed by atoms with Crippen molar-refractivity contribution in [2.45, 2.75) is 17.5 Å². The molecule has 0 aliphatic rings. The molecule has 1 amide bonds. The number of hydrogen-bond acceptors (Lipinski definition) is 5. The largest absolute Gasteiger partial charge is 0.480 e. The van der Waals surface area contributed by atoms with Crippen LogP contribution in [0.15, 0.2) is 23.4 Å². The average molecular weight is 300 g/mol. The van der Waals surface area contributed by atoms with E-state index in [0.29, 0.717) is 22.8 Å². The molecule has 1 aromatic heterocycles. The van der Waals surface area contributed by atoms with Gasteiger partial charge in [0.2, 0.25) is 0 Å². The van der Waals surface area contributed by atoms with E-state index in [2.05, 4.69) is 10.3 Å². The number of rotatable bonds is 7. The number of pyridine rings is 1. The number of carboxylic acids is 1. The smallest absolute Gasteiger partial charge is 0.326 e. The number of aliphatic carboxylic acids is 1. The summed E-state index contributed by atoms with van der Waals surface area (Å²) in [6, 6.07) is 2.43. The van der Waals surface area contributed by atoms with Crippen molar-refractivity contribution in [1.82, 2.24) is 10.3 Å². The predicted octanol–water partition coefficient (Wildman–Crippen LogP) is 1.74. The van der Waals surface area contributed by atoms with Crippen LogP contribution in [0.1, 0.15) is 16.8 Å². The number of carbonyl (C=O) groups is 2. The minimum atomic E-state index is -1.02. The van der Waals surface area contributed by atoms with E-state index in [9.17, 15) is 9.59 Å². The highest BCUT2D eigenvalue weighted by molar-refractivity contribution is 7.98. The van der Waals surface area contributed by atoms with Crippen molar-refractivity contribution in [1.29, 1.82) is 0 Å². The van der Waals surface area contributed by atoms with Gasteiger partial charge >= 0.3 is 5.97 Å². The number of nitrogens with one attached hydrogen (secondary N) is 1. The van der Waals surface area contributed by atoms with Crippen molar-refractivity contribution in [2.75, 3.05) is 18.3 Å². The second kappa shape index (κ2) is 8.06. The second-order valence-electron chi connectivity index (χ2n) is 3.71. The minimum absolute atomic E-state index is 0.397. The molecule has 0 bridgehead atoms. The SMILES string of the molecule is CSCC[C@@H](NC(=O)c1cccnc1SC)C(=O)O. The van der Waals surface area contributed by atoms with E-state index in [-0.39, 0.29) is 0 Å². The molecule has 1 heterocycles. The molecule has 19 heavy (non-hydrogen) atoms. The Morgan fingerprint density at radius 1 is 1.47 bits per heavy atom. The number of nitrogens with zero attached hydrogens (tertiary/aromatic N) is 1. The first-order chi connectivity index (χ1) is 9.10. The number of carbonyl (C=O) groups excluding carboxylic acids is 1. The van der Waals surface area contributed by atoms with E-state index in [0.717, 1.165) is 0 Å². The third-order valence-corrected chi connectivity index (χ3v) is 3.78. The summed E-state index contributed by atoms with van der Waals surface area (Å²) in [5, 5.41) is 12.2. The molecular weight excluding hydrogens is 284 g/mol. The van der Waals surface area contributed by atoms with E-state index in [1.807, 2.05) is 12.5 Å². The summed E-state index contributed by atoms with van der Waals surface area (Å²) in [5.41, 5.74) is 0.408. The summed E-state index contributed by atoms with van der Waals surface area (Å²) in [5.74, 6) is -0.734. The Morgan fingerprint density at radius 2 is 2.21 bits per heavy atom. The van der Waals surface area contributed by atoms with Crippen molar-refractivity contribution in [3.63, 3.8) is 0 Å². The first-order valence-electron chi connectivity index (χ1n) is 5.61. The van der Waals surface area contributed by atoms with Crippen molar-refractivity contribution in [3.8, 4) is 0 Å². The molecule has 0 saturated heterocycles. The molecule has 7 heteroatoms. The summed E-state index contributed by atoms with van der Waals surface area (Å²) in [7, 11) is 0. The first-order valence-corrected chi connectivity index (χ1v) is 8.23. The monoisotopic (exact) mass is 300 g/mol. The molecule has 1 atom stereocenters. The van der Waals surface area contributed by atoms with Gasteiger partial charge in [-0.15, -0.1) is 11.8 Å². The number of hydrogen-bond donors (Lipinski definition) is 2. The summed E-state index contributed by atoms with van der Waals surface area (Å²) < 4.78 is 0. The Morgan fingerprint density at radius 3 is 2.79 bits per heavy atom. The average Bonchev–Trinajstić information content (AvgIpc) is 2.42. The quantitative estimate of drug-likeness (QED) is 0.747. The maximum atomic E-state index is 12.1. The van der Waals surface area contributed by atoms with Crippen LogP contribution >= 0.6 is 23.5 Å². The van der Waals surface area contributed by atoms with Crippen LogP contribution in [0.25, 0.3) is 0 Å². The van der Waals surface area contributed by atoms with Gasteiger partial charge in [0.1, 0.15) is 11.1 Å². The first kappa shape index (κ1) is 15.8. The van der Waals surface area contributed by atoms with Gasteiger partial charge in [-0.2, -0.15) is 11.8 Å². The van der Waals surface area contributed by atoms with Crippen LogP contribution in [0.3, 0.4) is 0 Å². The third kappa shape index (κ3) is 4.76. The van der Waals surface area contributed by atoms with Crippen LogP contribution in [0.5, 0.6) is 0 Å². The van der Waals surface area contributed by atoms with E-state index < -0.39 is 17.9 Å². The topological polar surface area (TPSA) is 79.3 Å². The van der Waals surface area contributed by atoms with Gasteiger partial charge in [0.25, 0.3) is 5.91 Å². The van der Waals surface area contributed by atoms with Crippen LogP contribution in [0.4, 0.5) is 0 Å². The molecule has 0 saturated carbocycles. The molecule has 0 aliphatic heterocycles. The van der Waals surface area contributed by atoms with E-state index in [1.165, 1.54) is 11.8 Å². The molecule has 0 unspecified atom stereocenters. The molecule has 0 aromatic carbocycles. The van der Waals surface area contributed by atoms with Crippen LogP contribution in [0.2, 0.25) is 0 Å². The van der Waals surface area contributed by atoms with Crippen molar-refractivity contribution >= 4 is 35.4 Å². The number of aromatic nitrogens is 1. The lowest BCUT2D eigenvalue weighted by atomic mass is 10.2. The highest BCUT2D eigenvalue weighted by atomic mass is 32.2. The van der Waals surface area contributed by atoms with Gasteiger partial charge < -0.3 is 10.4 Å². The Bertz CT molecular complexity index is 454. The maximum Gasteiger partial charge on any atom is 0.326 e. The van der Waals surface area contributed by atoms with Gasteiger partial charge in [0.15, 0.2) is 0 Å². The molecule has 1 aromatic rings. The van der Waals surface area contributed by atoms with E-state index in [1.54, 1.807) is 30.1 Å². The van der Waals surface area contributed by atoms with Gasteiger partial charge in [-0.3, -0.25) is 4.79 Å². The lowest BCUT2D eigenvalue weighted by molar-refractivity contribution is -0.139. The Balaban J connectivity index is 2.78. The minimum Gasteiger partial charge on any atom is -0.480 e. The second-order valence-corrected chi connectivity index (χ2v) is 5.49. The molecule has 0 radical (unpaired) electrons. The Hall–Kier alpha value is -1.21. The molecular formula is C12H16N2O3S2. The molecule has 0 spiro atoms. The van der Waals surface area contributed by atoms with Crippen molar-refractivity contribution in [2.24, 2.45) is 0 Å². The zero-order chi connectivity index (χ0) is 14.3. The number of carboxylic acid groups (broad SMARTS) is 1. The summed E-state index contributed by atoms with van der Waals surface area (Å²) in [4.78, 5) is 27.2. The summed E-state index contributed by atoms with van der Waals surface area (Å²) in [6.45, 7) is 0. The van der Waals surface area contributed by atoms with E-state index in [4.69, 9.17) is 5.11 Å². The van der Waals surface area contributed by atoms with Gasteiger partial charge in [0.05, 0.1) is 5.56 Å². The maximum absolute atomic E-state index is 12.1. The normalized spacial score (nSPS) is 11.9. The number of thioether (sulfide) groups is 2. The van der Waals surface area contributed by atoms with Gasteiger partial charge in [-0.05, 0) is 36.8 Å². The van der Waals surface area contributed by atoms with Crippen LogP contribution in [-0.4, -0.2) is 46.3 Å². The third-order valence-electron chi connectivity index (χ3n) is 2.42. The molecule has 104 valence electrons. The fourth-order valence-electron chi connectivity index (χ4n) is 1.46. The Labute approximate surface area is 120 Å². The predicted molar refractivity (Wildman–Crippen MR) is 77.9 cm³/mol. The van der Waals surface area contributed by atoms with Gasteiger partial charge in [-0.25, -0.2) is 9.78 Å². The van der Waals surface area contributed by atoms with Gasteiger partial charge in [-0.1, -0.05) is 0 Å². The Kier molecular flexibility index (Phi) is 6.72. The lowest BCUT2D eigenvalue weighted by Crippen LogP contribution is -2.41. The van der Waals surface area contributed by atoms with Gasteiger partial charge in [0, 0.05) is 6.20 Å². The standard InChI is InChI=1S/C12H16N2O3S2/c1-18-7-5-9(12(16)17)14-10(15)8-4-3-6-13-11(8)19-2/h3-4,6,9H,5,7H2,1-2H3,(H,14,15)(H,16,17)/t9-/m1/s1. The summed E-state index contributed by atoms with van der Waals surface area (Å²) in [6.07, 6.45) is 5.72. The molecule has 0 fully saturated rings. The number of amides is 1. The zero-order valence-electron chi connectivity index (χ0n) is 10.8.